The molecule has 0 spiro atoms. The average molecular weight is 361 g/mol. The highest BCUT2D eigenvalue weighted by Crippen LogP contribution is 2.24. The minimum Gasteiger partial charge on any atom is -0.333 e. The smallest absolute Gasteiger partial charge is 0.257 e. The predicted octanol–water partition coefficient (Wildman–Crippen LogP) is 3.70. The number of nitrogens with zero attached hydrogens (tertiary/aromatic N) is 4. The van der Waals surface area contributed by atoms with Crippen LogP contribution in [0, 0.1) is 0 Å². The number of carbonyl (C=O) groups excluding carboxylic acids is 1. The summed E-state index contributed by atoms with van der Waals surface area (Å²) < 4.78 is 1.98. The molecule has 1 N–H and O–H groups in total. The molecule has 3 aromatic heterocycles. The zero-order valence-corrected chi connectivity index (χ0v) is 14.6. The number of aromatic nitrogens is 4. The summed E-state index contributed by atoms with van der Waals surface area (Å²) in [4.78, 5) is 25.0. The van der Waals surface area contributed by atoms with Crippen molar-refractivity contribution in [3.05, 3.63) is 84.0 Å². The van der Waals surface area contributed by atoms with Gasteiger partial charge in [-0.1, -0.05) is 12.1 Å². The number of nitrogens with one attached hydrogen (secondary N) is 1. The lowest BCUT2D eigenvalue weighted by Crippen LogP contribution is -2.11. The molecule has 1 amide bonds. The number of thiazole rings is 1. The van der Waals surface area contributed by atoms with Gasteiger partial charge in [0, 0.05) is 47.8 Å². The molecule has 0 aliphatic carbocycles. The second kappa shape index (κ2) is 7.28. The fraction of sp³-hybridized carbons (Fsp3) is 0.0526. The number of imidazole rings is 1. The number of pyridine rings is 1. The first-order valence-corrected chi connectivity index (χ1v) is 8.88. The lowest BCUT2D eigenvalue weighted by Gasteiger charge is -2.05. The first kappa shape index (κ1) is 16.2. The molecule has 0 aliphatic heterocycles. The van der Waals surface area contributed by atoms with Gasteiger partial charge < -0.3 is 4.57 Å². The molecule has 7 heteroatoms. The van der Waals surface area contributed by atoms with Crippen molar-refractivity contribution in [2.45, 2.75) is 6.54 Å². The number of rotatable bonds is 5. The van der Waals surface area contributed by atoms with E-state index in [1.807, 2.05) is 52.5 Å². The van der Waals surface area contributed by atoms with Crippen molar-refractivity contribution >= 4 is 22.4 Å². The Balaban J connectivity index is 1.42. The van der Waals surface area contributed by atoms with Crippen LogP contribution < -0.4 is 5.32 Å². The highest BCUT2D eigenvalue weighted by molar-refractivity contribution is 7.14. The monoisotopic (exact) mass is 361 g/mol. The Kier molecular flexibility index (Phi) is 4.53. The number of hydrogen-bond donors (Lipinski definition) is 1. The van der Waals surface area contributed by atoms with E-state index in [4.69, 9.17) is 0 Å². The van der Waals surface area contributed by atoms with Gasteiger partial charge in [0.25, 0.3) is 5.91 Å². The molecule has 0 radical (unpaired) electrons. The van der Waals surface area contributed by atoms with Gasteiger partial charge in [0.15, 0.2) is 5.13 Å². The maximum Gasteiger partial charge on any atom is 0.257 e. The highest BCUT2D eigenvalue weighted by Gasteiger charge is 2.10. The Hall–Kier alpha value is -3.32. The van der Waals surface area contributed by atoms with Crippen molar-refractivity contribution in [3.63, 3.8) is 0 Å². The molecular weight excluding hydrogens is 346 g/mol. The summed E-state index contributed by atoms with van der Waals surface area (Å²) in [7, 11) is 0. The summed E-state index contributed by atoms with van der Waals surface area (Å²) in [6, 6.07) is 11.3. The number of benzene rings is 1. The molecule has 3 heterocycles. The summed E-state index contributed by atoms with van der Waals surface area (Å²) in [5.74, 6) is -0.175. The maximum absolute atomic E-state index is 12.4. The van der Waals surface area contributed by atoms with Crippen LogP contribution in [0.4, 0.5) is 5.13 Å². The summed E-state index contributed by atoms with van der Waals surface area (Å²) in [6.45, 7) is 0.725. The van der Waals surface area contributed by atoms with Crippen molar-refractivity contribution in [1.82, 2.24) is 19.5 Å². The molecule has 6 nitrogen and oxygen atoms in total. The third-order valence-electron chi connectivity index (χ3n) is 3.82. The molecule has 1 aromatic carbocycles. The SMILES string of the molecule is O=C(Nc1nc(-c2cccnc2)cs1)c1ccc(Cn2ccnc2)cc1. The minimum atomic E-state index is -0.175. The van der Waals surface area contributed by atoms with E-state index in [0.29, 0.717) is 10.7 Å². The van der Waals surface area contributed by atoms with Crippen LogP contribution in [0.2, 0.25) is 0 Å². The second-order valence-corrected chi connectivity index (χ2v) is 6.52. The maximum atomic E-state index is 12.4. The van der Waals surface area contributed by atoms with Crippen LogP contribution in [0.15, 0.2) is 72.9 Å². The van der Waals surface area contributed by atoms with E-state index in [2.05, 4.69) is 20.3 Å². The summed E-state index contributed by atoms with van der Waals surface area (Å²) >= 11 is 1.39. The Bertz CT molecular complexity index is 994. The molecule has 0 aliphatic rings. The minimum absolute atomic E-state index is 0.175. The average Bonchev–Trinajstić information content (AvgIpc) is 3.35. The predicted molar refractivity (Wildman–Crippen MR) is 101 cm³/mol. The van der Waals surface area contributed by atoms with Gasteiger partial charge in [0.05, 0.1) is 12.0 Å². The van der Waals surface area contributed by atoms with Gasteiger partial charge in [-0.3, -0.25) is 15.1 Å². The van der Waals surface area contributed by atoms with E-state index >= 15 is 0 Å². The number of hydrogen-bond acceptors (Lipinski definition) is 5. The first-order valence-electron chi connectivity index (χ1n) is 8.00. The van der Waals surface area contributed by atoms with E-state index in [1.54, 1.807) is 24.9 Å². The van der Waals surface area contributed by atoms with Gasteiger partial charge in [-0.25, -0.2) is 9.97 Å². The first-order chi connectivity index (χ1) is 12.8. The summed E-state index contributed by atoms with van der Waals surface area (Å²) in [6.07, 6.45) is 8.89. The summed E-state index contributed by atoms with van der Waals surface area (Å²) in [5, 5.41) is 5.32. The van der Waals surface area contributed by atoms with Crippen LogP contribution in [0.3, 0.4) is 0 Å². The lowest BCUT2D eigenvalue weighted by atomic mass is 10.1. The van der Waals surface area contributed by atoms with E-state index < -0.39 is 0 Å². The molecule has 0 fully saturated rings. The number of amides is 1. The Morgan fingerprint density at radius 3 is 2.73 bits per heavy atom. The van der Waals surface area contributed by atoms with Crippen molar-refractivity contribution in [3.8, 4) is 11.3 Å². The molecule has 0 atom stereocenters. The van der Waals surface area contributed by atoms with Crippen molar-refractivity contribution in [2.75, 3.05) is 5.32 Å². The van der Waals surface area contributed by atoms with E-state index in [1.165, 1.54) is 11.3 Å². The normalized spacial score (nSPS) is 10.6. The molecule has 0 saturated carbocycles. The zero-order valence-electron chi connectivity index (χ0n) is 13.7. The summed E-state index contributed by atoms with van der Waals surface area (Å²) in [5.41, 5.74) is 3.42. The van der Waals surface area contributed by atoms with Gasteiger partial charge >= 0.3 is 0 Å². The topological polar surface area (TPSA) is 72.7 Å². The molecule has 0 unspecified atom stereocenters. The Labute approximate surface area is 154 Å². The van der Waals surface area contributed by atoms with Gasteiger partial charge in [-0.05, 0) is 29.8 Å². The van der Waals surface area contributed by atoms with Gasteiger partial charge in [-0.2, -0.15) is 0 Å². The van der Waals surface area contributed by atoms with Gasteiger partial charge in [0.1, 0.15) is 0 Å². The van der Waals surface area contributed by atoms with Crippen LogP contribution in [-0.2, 0) is 6.54 Å². The molecular formula is C19H15N5OS. The van der Waals surface area contributed by atoms with Gasteiger partial charge in [0.2, 0.25) is 0 Å². The zero-order chi connectivity index (χ0) is 17.8. The molecule has 0 bridgehead atoms. The third kappa shape index (κ3) is 3.68. The van der Waals surface area contributed by atoms with Gasteiger partial charge in [-0.15, -0.1) is 11.3 Å². The fourth-order valence-corrected chi connectivity index (χ4v) is 3.21. The molecule has 26 heavy (non-hydrogen) atoms. The van der Waals surface area contributed by atoms with E-state index in [0.717, 1.165) is 23.4 Å². The van der Waals surface area contributed by atoms with Crippen LogP contribution in [0.1, 0.15) is 15.9 Å². The number of carbonyl (C=O) groups is 1. The second-order valence-electron chi connectivity index (χ2n) is 5.67. The van der Waals surface area contributed by atoms with Crippen LogP contribution >= 0.6 is 11.3 Å². The lowest BCUT2D eigenvalue weighted by molar-refractivity contribution is 0.102. The molecule has 0 saturated heterocycles. The molecule has 4 rings (SSSR count). The van der Waals surface area contributed by atoms with Crippen molar-refractivity contribution < 1.29 is 4.79 Å². The van der Waals surface area contributed by atoms with E-state index in [-0.39, 0.29) is 5.91 Å². The van der Waals surface area contributed by atoms with Crippen LogP contribution in [0.5, 0.6) is 0 Å². The quantitative estimate of drug-likeness (QED) is 0.588. The molecule has 4 aromatic rings. The largest absolute Gasteiger partial charge is 0.333 e. The number of anilines is 1. The Morgan fingerprint density at radius 1 is 1.12 bits per heavy atom. The third-order valence-corrected chi connectivity index (χ3v) is 4.58. The van der Waals surface area contributed by atoms with Crippen LogP contribution in [-0.4, -0.2) is 25.4 Å². The fourth-order valence-electron chi connectivity index (χ4n) is 2.50. The molecule has 128 valence electrons. The van der Waals surface area contributed by atoms with Crippen molar-refractivity contribution in [1.29, 1.82) is 0 Å². The van der Waals surface area contributed by atoms with E-state index in [9.17, 15) is 4.79 Å². The van der Waals surface area contributed by atoms with Crippen LogP contribution in [0.25, 0.3) is 11.3 Å². The standard InChI is InChI=1S/C19H15N5OS/c25-18(15-5-3-14(4-6-15)11-24-9-8-21-13-24)23-19-22-17(12-26-19)16-2-1-7-20-10-16/h1-10,12-13H,11H2,(H,22,23,25). The van der Waals surface area contributed by atoms with Crippen molar-refractivity contribution in [2.24, 2.45) is 0 Å². The highest BCUT2D eigenvalue weighted by atomic mass is 32.1. The Morgan fingerprint density at radius 2 is 2.00 bits per heavy atom.